The zero-order valence-electron chi connectivity index (χ0n) is 9.58. The van der Waals surface area contributed by atoms with E-state index in [4.69, 9.17) is 0 Å². The molecule has 17 heavy (non-hydrogen) atoms. The molecule has 5 heteroatoms. The Kier molecular flexibility index (Phi) is 3.41. The van der Waals surface area contributed by atoms with Crippen molar-refractivity contribution in [2.45, 2.75) is 23.5 Å². The van der Waals surface area contributed by atoms with E-state index in [0.717, 1.165) is 17.0 Å². The summed E-state index contributed by atoms with van der Waals surface area (Å²) >= 11 is 6.79. The first-order chi connectivity index (χ1) is 7.90. The standard InChI is InChI=1S/C12H12Br2N2O/c1-8-3-5-10(6-4-8)16-11(17)12(13,14)7-9(2)15-16/h3-6H,7H2,1-2H3. The lowest BCUT2D eigenvalue weighted by atomic mass is 10.1. The maximum absolute atomic E-state index is 12.2. The molecule has 0 saturated heterocycles. The molecule has 1 heterocycles. The van der Waals surface area contributed by atoms with Crippen LogP contribution in [0.5, 0.6) is 0 Å². The number of hydrazone groups is 1. The zero-order chi connectivity index (χ0) is 12.6. The van der Waals surface area contributed by atoms with Gasteiger partial charge in [-0.3, -0.25) is 4.79 Å². The number of carbonyl (C=O) groups excluding carboxylic acids is 1. The van der Waals surface area contributed by atoms with Crippen molar-refractivity contribution in [3.05, 3.63) is 29.8 Å². The quantitative estimate of drug-likeness (QED) is 0.705. The van der Waals surface area contributed by atoms with Gasteiger partial charge in [0.25, 0.3) is 5.91 Å². The lowest BCUT2D eigenvalue weighted by molar-refractivity contribution is -0.118. The van der Waals surface area contributed by atoms with Crippen LogP contribution in [-0.2, 0) is 4.79 Å². The third kappa shape index (κ3) is 2.60. The van der Waals surface area contributed by atoms with E-state index in [-0.39, 0.29) is 5.91 Å². The molecule has 0 radical (unpaired) electrons. The molecule has 0 saturated carbocycles. The van der Waals surface area contributed by atoms with Crippen molar-refractivity contribution in [2.24, 2.45) is 5.10 Å². The number of halogens is 2. The van der Waals surface area contributed by atoms with Gasteiger partial charge in [0.05, 0.1) is 5.69 Å². The molecule has 0 aliphatic carbocycles. The maximum Gasteiger partial charge on any atom is 0.275 e. The number of hydrogen-bond donors (Lipinski definition) is 0. The van der Waals surface area contributed by atoms with Crippen LogP contribution in [0.4, 0.5) is 5.69 Å². The molecule has 0 bridgehead atoms. The van der Waals surface area contributed by atoms with Gasteiger partial charge in [0.15, 0.2) is 3.23 Å². The van der Waals surface area contributed by atoms with Gasteiger partial charge in [-0.1, -0.05) is 49.6 Å². The third-order valence-electron chi connectivity index (χ3n) is 2.53. The van der Waals surface area contributed by atoms with Gasteiger partial charge in [0.2, 0.25) is 0 Å². The molecule has 1 aliphatic heterocycles. The second-order valence-electron chi connectivity index (χ2n) is 4.17. The van der Waals surface area contributed by atoms with Crippen molar-refractivity contribution in [1.82, 2.24) is 0 Å². The number of aryl methyl sites for hydroxylation is 1. The Labute approximate surface area is 117 Å². The Morgan fingerprint density at radius 2 is 1.82 bits per heavy atom. The molecule has 1 aromatic rings. The first-order valence-electron chi connectivity index (χ1n) is 5.23. The van der Waals surface area contributed by atoms with Crippen molar-refractivity contribution in [3.63, 3.8) is 0 Å². The van der Waals surface area contributed by atoms with Crippen LogP contribution in [0.2, 0.25) is 0 Å². The zero-order valence-corrected chi connectivity index (χ0v) is 12.7. The van der Waals surface area contributed by atoms with Gasteiger partial charge < -0.3 is 0 Å². The van der Waals surface area contributed by atoms with Crippen LogP contribution < -0.4 is 5.01 Å². The molecular weight excluding hydrogens is 348 g/mol. The van der Waals surface area contributed by atoms with Gasteiger partial charge in [-0.2, -0.15) is 10.1 Å². The average molecular weight is 360 g/mol. The normalized spacial score (nSPS) is 19.2. The van der Waals surface area contributed by atoms with Crippen LogP contribution in [0.15, 0.2) is 29.4 Å². The molecule has 1 amide bonds. The number of anilines is 1. The fraction of sp³-hybridized carbons (Fsp3) is 0.333. The van der Waals surface area contributed by atoms with E-state index in [9.17, 15) is 4.79 Å². The van der Waals surface area contributed by atoms with Crippen LogP contribution in [0, 0.1) is 6.92 Å². The summed E-state index contributed by atoms with van der Waals surface area (Å²) in [5.74, 6) is -0.105. The summed E-state index contributed by atoms with van der Waals surface area (Å²) in [6.07, 6.45) is 0.564. The number of amides is 1. The van der Waals surface area contributed by atoms with Crippen molar-refractivity contribution < 1.29 is 4.79 Å². The summed E-state index contributed by atoms with van der Waals surface area (Å²) < 4.78 is -0.739. The van der Waals surface area contributed by atoms with E-state index in [0.29, 0.717) is 6.42 Å². The largest absolute Gasteiger partial charge is 0.275 e. The van der Waals surface area contributed by atoms with Crippen molar-refractivity contribution >= 4 is 49.2 Å². The van der Waals surface area contributed by atoms with E-state index in [1.54, 1.807) is 0 Å². The molecule has 0 fully saturated rings. The van der Waals surface area contributed by atoms with E-state index in [1.807, 2.05) is 38.1 Å². The number of benzene rings is 1. The highest BCUT2D eigenvalue weighted by Gasteiger charge is 2.41. The van der Waals surface area contributed by atoms with E-state index in [2.05, 4.69) is 37.0 Å². The smallest absolute Gasteiger partial charge is 0.270 e. The Bertz CT molecular complexity index is 480. The number of nitrogens with zero attached hydrogens (tertiary/aromatic N) is 2. The Hall–Kier alpha value is -0.680. The summed E-state index contributed by atoms with van der Waals surface area (Å²) in [6.45, 7) is 3.92. The van der Waals surface area contributed by atoms with Crippen molar-refractivity contribution in [2.75, 3.05) is 5.01 Å². The highest BCUT2D eigenvalue weighted by Crippen LogP contribution is 2.37. The Morgan fingerprint density at radius 3 is 2.41 bits per heavy atom. The molecule has 1 aliphatic rings. The predicted octanol–water partition coefficient (Wildman–Crippen LogP) is 3.59. The monoisotopic (exact) mass is 358 g/mol. The summed E-state index contributed by atoms with van der Waals surface area (Å²) in [7, 11) is 0. The van der Waals surface area contributed by atoms with Crippen LogP contribution in [0.25, 0.3) is 0 Å². The lowest BCUT2D eigenvalue weighted by Gasteiger charge is -2.30. The van der Waals surface area contributed by atoms with Crippen molar-refractivity contribution in [3.8, 4) is 0 Å². The Morgan fingerprint density at radius 1 is 1.24 bits per heavy atom. The molecule has 0 unspecified atom stereocenters. The highest BCUT2D eigenvalue weighted by atomic mass is 79.9. The average Bonchev–Trinajstić information content (AvgIpc) is 2.24. The molecule has 0 spiro atoms. The fourth-order valence-electron chi connectivity index (χ4n) is 1.66. The van der Waals surface area contributed by atoms with Crippen LogP contribution in [0.1, 0.15) is 18.9 Å². The first-order valence-corrected chi connectivity index (χ1v) is 6.82. The summed E-state index contributed by atoms with van der Waals surface area (Å²) in [5.41, 5.74) is 2.84. The van der Waals surface area contributed by atoms with Crippen LogP contribution >= 0.6 is 31.9 Å². The molecule has 90 valence electrons. The molecular formula is C12H12Br2N2O. The Balaban J connectivity index is 2.41. The van der Waals surface area contributed by atoms with Gasteiger partial charge in [0.1, 0.15) is 0 Å². The SMILES string of the molecule is CC1=NN(c2ccc(C)cc2)C(=O)C(Br)(Br)C1. The third-order valence-corrected chi connectivity index (χ3v) is 3.77. The number of carbonyl (C=O) groups is 1. The molecule has 3 nitrogen and oxygen atoms in total. The van der Waals surface area contributed by atoms with E-state index >= 15 is 0 Å². The van der Waals surface area contributed by atoms with Crippen molar-refractivity contribution in [1.29, 1.82) is 0 Å². The molecule has 0 aromatic heterocycles. The van der Waals surface area contributed by atoms with Gasteiger partial charge >= 0.3 is 0 Å². The van der Waals surface area contributed by atoms with Crippen LogP contribution in [0.3, 0.4) is 0 Å². The minimum Gasteiger partial charge on any atom is -0.270 e. The van der Waals surface area contributed by atoms with Gasteiger partial charge in [-0.15, -0.1) is 0 Å². The van der Waals surface area contributed by atoms with E-state index < -0.39 is 3.23 Å². The summed E-state index contributed by atoms with van der Waals surface area (Å²) in [5, 5.41) is 5.73. The summed E-state index contributed by atoms with van der Waals surface area (Å²) in [4.78, 5) is 12.2. The highest BCUT2D eigenvalue weighted by molar-refractivity contribution is 9.26. The number of alkyl halides is 2. The predicted molar refractivity (Wildman–Crippen MR) is 77.0 cm³/mol. The molecule has 2 rings (SSSR count). The lowest BCUT2D eigenvalue weighted by Crippen LogP contribution is -2.44. The van der Waals surface area contributed by atoms with Gasteiger partial charge in [-0.25, -0.2) is 0 Å². The second-order valence-corrected chi connectivity index (χ2v) is 7.94. The van der Waals surface area contributed by atoms with Gasteiger partial charge in [-0.05, 0) is 26.0 Å². The first kappa shape index (κ1) is 12.8. The van der Waals surface area contributed by atoms with Crippen LogP contribution in [-0.4, -0.2) is 14.9 Å². The minimum atomic E-state index is -0.739. The minimum absolute atomic E-state index is 0.105. The second kappa shape index (κ2) is 4.53. The fourth-order valence-corrected chi connectivity index (χ4v) is 2.81. The molecule has 1 aromatic carbocycles. The topological polar surface area (TPSA) is 32.7 Å². The number of rotatable bonds is 1. The van der Waals surface area contributed by atoms with Gasteiger partial charge in [0, 0.05) is 12.1 Å². The van der Waals surface area contributed by atoms with E-state index in [1.165, 1.54) is 5.01 Å². The maximum atomic E-state index is 12.2. The molecule has 0 N–H and O–H groups in total. The summed E-state index contributed by atoms with van der Waals surface area (Å²) in [6, 6.07) is 7.72. The number of hydrogen-bond acceptors (Lipinski definition) is 2. The molecule has 0 atom stereocenters.